The Hall–Kier alpha value is -3.81. The summed E-state index contributed by atoms with van der Waals surface area (Å²) in [5.74, 6) is -0.0752. The zero-order chi connectivity index (χ0) is 31.2. The van der Waals surface area contributed by atoms with Gasteiger partial charge in [-0.1, -0.05) is 128 Å². The minimum atomic E-state index is -0.658. The van der Waals surface area contributed by atoms with Gasteiger partial charge in [-0.3, -0.25) is 4.79 Å². The smallest absolute Gasteiger partial charge is 0.217 e. The third-order valence-electron chi connectivity index (χ3n) is 8.49. The van der Waals surface area contributed by atoms with Crippen LogP contribution in [0.4, 0.5) is 0 Å². The van der Waals surface area contributed by atoms with Crippen LogP contribution in [0.25, 0.3) is 0 Å². The van der Waals surface area contributed by atoms with Crippen LogP contribution in [0.3, 0.4) is 0 Å². The highest BCUT2D eigenvalue weighted by molar-refractivity contribution is 5.74. The first-order chi connectivity index (χ1) is 22.1. The maximum Gasteiger partial charge on any atom is 0.217 e. The molecule has 2 N–H and O–H groups in total. The molecule has 1 heterocycles. The Balaban J connectivity index is 1.39. The summed E-state index contributed by atoms with van der Waals surface area (Å²) in [5, 5.41) is 7.09. The average Bonchev–Trinajstić information content (AvgIpc) is 3.07. The first-order valence-corrected chi connectivity index (χ1v) is 16.1. The summed E-state index contributed by atoms with van der Waals surface area (Å²) in [6.07, 6.45) is 2.91. The molecule has 1 aliphatic rings. The number of ether oxygens (including phenoxy) is 3. The molecule has 4 aromatic carbocycles. The fourth-order valence-electron chi connectivity index (χ4n) is 6.25. The lowest BCUT2D eigenvalue weighted by Gasteiger charge is -2.51. The summed E-state index contributed by atoms with van der Waals surface area (Å²) in [5.41, 5.74) is 3.95. The van der Waals surface area contributed by atoms with E-state index in [1.54, 1.807) is 6.92 Å². The molecule has 1 saturated heterocycles. The monoisotopic (exact) mass is 606 g/mol. The Morgan fingerprint density at radius 3 is 1.78 bits per heavy atom. The molecular formula is C39H46N2O4. The number of nitrogens with one attached hydrogen (secondary N) is 2. The molecule has 0 spiro atoms. The van der Waals surface area contributed by atoms with Gasteiger partial charge in [-0.15, -0.1) is 0 Å². The molecule has 0 unspecified atom stereocenters. The zero-order valence-corrected chi connectivity index (χ0v) is 26.3. The molecule has 4 atom stereocenters. The summed E-state index contributed by atoms with van der Waals surface area (Å²) in [6.45, 7) is 3.95. The van der Waals surface area contributed by atoms with Gasteiger partial charge in [0.05, 0.1) is 38.0 Å². The van der Waals surface area contributed by atoms with E-state index in [0.29, 0.717) is 33.0 Å². The molecule has 45 heavy (non-hydrogen) atoms. The van der Waals surface area contributed by atoms with Crippen molar-refractivity contribution in [2.24, 2.45) is 0 Å². The van der Waals surface area contributed by atoms with Gasteiger partial charge in [0.2, 0.25) is 5.91 Å². The van der Waals surface area contributed by atoms with E-state index in [-0.39, 0.29) is 18.1 Å². The molecule has 1 fully saturated rings. The number of unbranched alkanes of at least 4 members (excludes halogenated alkanes) is 1. The van der Waals surface area contributed by atoms with Crippen LogP contribution in [0.15, 0.2) is 121 Å². The number of aryl methyl sites for hydroxylation is 1. The van der Waals surface area contributed by atoms with E-state index in [4.69, 9.17) is 14.2 Å². The van der Waals surface area contributed by atoms with Crippen molar-refractivity contribution in [3.63, 3.8) is 0 Å². The van der Waals surface area contributed by atoms with E-state index >= 15 is 0 Å². The lowest BCUT2D eigenvalue weighted by Crippen LogP contribution is -2.74. The second-order valence-electron chi connectivity index (χ2n) is 12.0. The van der Waals surface area contributed by atoms with Crippen molar-refractivity contribution in [2.75, 3.05) is 13.2 Å². The number of piperidine rings is 1. The number of hydrogen-bond donors (Lipinski definition) is 2. The Morgan fingerprint density at radius 2 is 1.22 bits per heavy atom. The van der Waals surface area contributed by atoms with Crippen LogP contribution >= 0.6 is 0 Å². The third-order valence-corrected chi connectivity index (χ3v) is 8.49. The molecule has 1 amide bonds. The second-order valence-corrected chi connectivity index (χ2v) is 12.0. The highest BCUT2D eigenvalue weighted by Crippen LogP contribution is 2.32. The van der Waals surface area contributed by atoms with Crippen LogP contribution in [0.1, 0.15) is 48.4 Å². The van der Waals surface area contributed by atoms with Crippen molar-refractivity contribution < 1.29 is 19.0 Å². The highest BCUT2D eigenvalue weighted by atomic mass is 16.5. The topological polar surface area (TPSA) is 68.8 Å². The lowest BCUT2D eigenvalue weighted by atomic mass is 9.77. The number of benzene rings is 4. The van der Waals surface area contributed by atoms with Crippen molar-refractivity contribution in [3.05, 3.63) is 144 Å². The Labute approximate surface area is 268 Å². The van der Waals surface area contributed by atoms with Crippen LogP contribution in [0, 0.1) is 0 Å². The van der Waals surface area contributed by atoms with Crippen molar-refractivity contribution in [2.45, 2.75) is 76.2 Å². The van der Waals surface area contributed by atoms with Gasteiger partial charge in [0.15, 0.2) is 0 Å². The standard InChI is InChI=1S/C39H46N2O4/c1-31(42)41-39(25-15-14-18-32-16-6-2-7-17-32)30-40-36(29-43-26-33-19-8-3-9-20-33)37(44-27-34-21-10-4-11-22-34)38(39)45-28-35-23-12-5-13-24-35/h2-13,16-17,19-24,36-38,40H,14-15,18,25-30H2,1H3,(H,41,42)/t36-,37-,38+,39+/m1/s1. The Bertz CT molecular complexity index is 1400. The van der Waals surface area contributed by atoms with Crippen molar-refractivity contribution in [1.82, 2.24) is 10.6 Å². The average molecular weight is 607 g/mol. The Morgan fingerprint density at radius 1 is 0.711 bits per heavy atom. The maximum absolute atomic E-state index is 12.8. The van der Waals surface area contributed by atoms with Gasteiger partial charge in [-0.05, 0) is 41.5 Å². The molecule has 0 aromatic heterocycles. The summed E-state index contributed by atoms with van der Waals surface area (Å²) in [6, 6.07) is 41.0. The fraction of sp³-hybridized carbons (Fsp3) is 0.359. The number of carbonyl (C=O) groups excluding carboxylic acids is 1. The molecular weight excluding hydrogens is 560 g/mol. The van der Waals surface area contributed by atoms with Crippen molar-refractivity contribution in [3.8, 4) is 0 Å². The normalized spacial score (nSPS) is 21.3. The molecule has 5 rings (SSSR count). The van der Waals surface area contributed by atoms with Crippen LogP contribution in [0.2, 0.25) is 0 Å². The second kappa shape index (κ2) is 17.0. The highest BCUT2D eigenvalue weighted by Gasteiger charge is 2.51. The molecule has 0 radical (unpaired) electrons. The minimum Gasteiger partial charge on any atom is -0.375 e. The number of amides is 1. The van der Waals surface area contributed by atoms with E-state index in [1.165, 1.54) is 5.56 Å². The summed E-state index contributed by atoms with van der Waals surface area (Å²) >= 11 is 0. The summed E-state index contributed by atoms with van der Waals surface area (Å²) in [4.78, 5) is 12.8. The molecule has 6 nitrogen and oxygen atoms in total. The molecule has 0 saturated carbocycles. The van der Waals surface area contributed by atoms with Crippen LogP contribution in [0.5, 0.6) is 0 Å². The van der Waals surface area contributed by atoms with Crippen LogP contribution in [-0.4, -0.2) is 42.8 Å². The van der Waals surface area contributed by atoms with Gasteiger partial charge in [0.1, 0.15) is 12.2 Å². The van der Waals surface area contributed by atoms with Gasteiger partial charge < -0.3 is 24.8 Å². The number of hydrogen-bond acceptors (Lipinski definition) is 5. The van der Waals surface area contributed by atoms with Gasteiger partial charge in [-0.2, -0.15) is 0 Å². The molecule has 1 aliphatic heterocycles. The van der Waals surface area contributed by atoms with Gasteiger partial charge >= 0.3 is 0 Å². The van der Waals surface area contributed by atoms with Crippen molar-refractivity contribution >= 4 is 5.91 Å². The van der Waals surface area contributed by atoms with E-state index < -0.39 is 11.6 Å². The molecule has 0 aliphatic carbocycles. The molecule has 236 valence electrons. The van der Waals surface area contributed by atoms with Crippen LogP contribution < -0.4 is 10.6 Å². The Kier molecular flexibility index (Phi) is 12.3. The molecule has 4 aromatic rings. The van der Waals surface area contributed by atoms with Gasteiger partial charge in [-0.25, -0.2) is 0 Å². The lowest BCUT2D eigenvalue weighted by molar-refractivity contribution is -0.165. The molecule has 6 heteroatoms. The van der Waals surface area contributed by atoms with E-state index in [9.17, 15) is 4.79 Å². The predicted molar refractivity (Wildman–Crippen MR) is 178 cm³/mol. The zero-order valence-electron chi connectivity index (χ0n) is 26.3. The first kappa shape index (κ1) is 32.6. The maximum atomic E-state index is 12.8. The largest absolute Gasteiger partial charge is 0.375 e. The number of rotatable bonds is 16. The quantitative estimate of drug-likeness (QED) is 0.140. The van der Waals surface area contributed by atoms with Crippen LogP contribution in [-0.2, 0) is 45.2 Å². The minimum absolute atomic E-state index is 0.0752. The summed E-state index contributed by atoms with van der Waals surface area (Å²) in [7, 11) is 0. The van der Waals surface area contributed by atoms with E-state index in [1.807, 2.05) is 60.7 Å². The van der Waals surface area contributed by atoms with Gasteiger partial charge in [0, 0.05) is 13.5 Å². The number of carbonyl (C=O) groups is 1. The van der Waals surface area contributed by atoms with E-state index in [2.05, 4.69) is 71.3 Å². The predicted octanol–water partition coefficient (Wildman–Crippen LogP) is 6.63. The third kappa shape index (κ3) is 9.84. The first-order valence-electron chi connectivity index (χ1n) is 16.1. The SMILES string of the molecule is CC(=O)N[C@@]1(CCCCc2ccccc2)CN[C@H](COCc2ccccc2)[C@@H](OCc2ccccc2)[C@@H]1OCc1ccccc1. The fourth-order valence-corrected chi connectivity index (χ4v) is 6.25. The van der Waals surface area contributed by atoms with E-state index in [0.717, 1.165) is 42.4 Å². The van der Waals surface area contributed by atoms with Gasteiger partial charge in [0.25, 0.3) is 0 Å². The van der Waals surface area contributed by atoms with Crippen molar-refractivity contribution in [1.29, 1.82) is 0 Å². The molecule has 0 bridgehead atoms. The summed E-state index contributed by atoms with van der Waals surface area (Å²) < 4.78 is 19.9.